The molecular formula is C11H8BrN3O. The van der Waals surface area contributed by atoms with Gasteiger partial charge in [0, 0.05) is 18.8 Å². The Kier molecular flexibility index (Phi) is 2.32. The van der Waals surface area contributed by atoms with Gasteiger partial charge in [-0.05, 0) is 33.6 Å². The second-order valence-corrected chi connectivity index (χ2v) is 4.49. The Morgan fingerprint density at radius 2 is 2.00 bits per heavy atom. The maximum Gasteiger partial charge on any atom is 0.158 e. The van der Waals surface area contributed by atoms with Crippen molar-refractivity contribution in [1.82, 2.24) is 9.97 Å². The van der Waals surface area contributed by atoms with Crippen LogP contribution in [0.2, 0.25) is 0 Å². The molecule has 0 amide bonds. The molecule has 1 aromatic heterocycles. The van der Waals surface area contributed by atoms with Crippen LogP contribution in [-0.4, -0.2) is 14.6 Å². The standard InChI is InChI=1S/C11H8BrN3O/c12-11-6-10(16-15-11)7-1-2-8-9(5-7)14-4-3-13-8/h1-5,10H,6H2/t10-/m0/s1. The van der Waals surface area contributed by atoms with Crippen molar-refractivity contribution in [3.05, 3.63) is 36.2 Å². The molecule has 1 aliphatic rings. The van der Waals surface area contributed by atoms with Crippen LogP contribution in [0, 0.1) is 0 Å². The van der Waals surface area contributed by atoms with Crippen LogP contribution in [0.4, 0.5) is 0 Å². The van der Waals surface area contributed by atoms with E-state index in [0.717, 1.165) is 27.6 Å². The molecule has 2 heterocycles. The van der Waals surface area contributed by atoms with Crippen LogP contribution in [0.25, 0.3) is 11.0 Å². The molecule has 1 aliphatic heterocycles. The molecule has 80 valence electrons. The molecular weight excluding hydrogens is 270 g/mol. The van der Waals surface area contributed by atoms with Gasteiger partial charge in [0.15, 0.2) is 6.10 Å². The van der Waals surface area contributed by atoms with Gasteiger partial charge in [0.2, 0.25) is 0 Å². The largest absolute Gasteiger partial charge is 0.386 e. The van der Waals surface area contributed by atoms with Crippen molar-refractivity contribution >= 4 is 31.6 Å². The van der Waals surface area contributed by atoms with Crippen molar-refractivity contribution < 1.29 is 4.84 Å². The van der Waals surface area contributed by atoms with Gasteiger partial charge >= 0.3 is 0 Å². The fourth-order valence-electron chi connectivity index (χ4n) is 1.71. The summed E-state index contributed by atoms with van der Waals surface area (Å²) in [5, 5.41) is 3.87. The first-order valence-corrected chi connectivity index (χ1v) is 5.71. The van der Waals surface area contributed by atoms with Gasteiger partial charge in [-0.25, -0.2) is 0 Å². The SMILES string of the molecule is BrC1=NO[C@H](c2ccc3nccnc3c2)C1. The fraction of sp³-hybridized carbons (Fsp3) is 0.182. The molecule has 5 heteroatoms. The molecule has 0 radical (unpaired) electrons. The predicted octanol–water partition coefficient (Wildman–Crippen LogP) is 2.80. The van der Waals surface area contributed by atoms with Crippen LogP contribution >= 0.6 is 15.9 Å². The third kappa shape index (κ3) is 1.67. The van der Waals surface area contributed by atoms with Gasteiger partial charge in [-0.2, -0.15) is 0 Å². The molecule has 1 atom stereocenters. The highest BCUT2D eigenvalue weighted by molar-refractivity contribution is 9.18. The van der Waals surface area contributed by atoms with E-state index >= 15 is 0 Å². The lowest BCUT2D eigenvalue weighted by molar-refractivity contribution is 0.0858. The average molecular weight is 278 g/mol. The maximum absolute atomic E-state index is 5.29. The average Bonchev–Trinajstić information content (AvgIpc) is 2.75. The molecule has 0 bridgehead atoms. The van der Waals surface area contributed by atoms with Crippen LogP contribution < -0.4 is 0 Å². The van der Waals surface area contributed by atoms with Gasteiger partial charge in [0.05, 0.1) is 11.0 Å². The lowest BCUT2D eigenvalue weighted by atomic mass is 10.1. The lowest BCUT2D eigenvalue weighted by Gasteiger charge is -2.08. The predicted molar refractivity (Wildman–Crippen MR) is 64.3 cm³/mol. The Bertz CT molecular complexity index is 570. The van der Waals surface area contributed by atoms with Crippen molar-refractivity contribution in [2.24, 2.45) is 5.16 Å². The summed E-state index contributed by atoms with van der Waals surface area (Å²) in [7, 11) is 0. The Morgan fingerprint density at radius 1 is 1.19 bits per heavy atom. The molecule has 0 aliphatic carbocycles. The zero-order chi connectivity index (χ0) is 11.0. The molecule has 0 N–H and O–H groups in total. The maximum atomic E-state index is 5.29. The van der Waals surface area contributed by atoms with Gasteiger partial charge in [0.25, 0.3) is 0 Å². The summed E-state index contributed by atoms with van der Waals surface area (Å²) in [5.74, 6) is 0. The fourth-order valence-corrected chi connectivity index (χ4v) is 2.09. The first-order valence-electron chi connectivity index (χ1n) is 4.92. The van der Waals surface area contributed by atoms with E-state index < -0.39 is 0 Å². The Morgan fingerprint density at radius 3 is 2.75 bits per heavy atom. The highest BCUT2D eigenvalue weighted by atomic mass is 79.9. The van der Waals surface area contributed by atoms with E-state index in [0.29, 0.717) is 0 Å². The lowest BCUT2D eigenvalue weighted by Crippen LogP contribution is -1.97. The van der Waals surface area contributed by atoms with Crippen LogP contribution in [-0.2, 0) is 4.84 Å². The number of benzene rings is 1. The van der Waals surface area contributed by atoms with Gasteiger partial charge in [-0.1, -0.05) is 11.2 Å². The first kappa shape index (κ1) is 9.72. The highest BCUT2D eigenvalue weighted by Gasteiger charge is 2.21. The van der Waals surface area contributed by atoms with Gasteiger partial charge < -0.3 is 4.84 Å². The number of hydrogen-bond donors (Lipinski definition) is 0. The molecule has 0 saturated carbocycles. The van der Waals surface area contributed by atoms with E-state index in [-0.39, 0.29) is 6.10 Å². The number of aromatic nitrogens is 2. The van der Waals surface area contributed by atoms with Gasteiger partial charge in [-0.3, -0.25) is 9.97 Å². The van der Waals surface area contributed by atoms with Crippen molar-refractivity contribution in [2.45, 2.75) is 12.5 Å². The van der Waals surface area contributed by atoms with E-state index in [4.69, 9.17) is 4.84 Å². The number of nitrogens with zero attached hydrogens (tertiary/aromatic N) is 3. The molecule has 3 rings (SSSR count). The van der Waals surface area contributed by atoms with Crippen LogP contribution in [0.5, 0.6) is 0 Å². The summed E-state index contributed by atoms with van der Waals surface area (Å²) in [6.07, 6.45) is 4.13. The minimum absolute atomic E-state index is 0.0132. The summed E-state index contributed by atoms with van der Waals surface area (Å²) in [4.78, 5) is 13.8. The molecule has 1 aromatic carbocycles. The minimum Gasteiger partial charge on any atom is -0.386 e. The van der Waals surface area contributed by atoms with E-state index in [9.17, 15) is 0 Å². The van der Waals surface area contributed by atoms with Crippen LogP contribution in [0.1, 0.15) is 18.1 Å². The van der Waals surface area contributed by atoms with Crippen molar-refractivity contribution in [2.75, 3.05) is 0 Å². The number of rotatable bonds is 1. The topological polar surface area (TPSA) is 47.4 Å². The summed E-state index contributed by atoms with van der Waals surface area (Å²) in [6, 6.07) is 5.95. The monoisotopic (exact) mass is 277 g/mol. The first-order chi connectivity index (χ1) is 7.83. The second kappa shape index (κ2) is 3.83. The molecule has 4 nitrogen and oxygen atoms in total. The summed E-state index contributed by atoms with van der Waals surface area (Å²) in [5.41, 5.74) is 2.85. The number of oxime groups is 1. The molecule has 0 saturated heterocycles. The summed E-state index contributed by atoms with van der Waals surface area (Å²) >= 11 is 3.32. The number of fused-ring (bicyclic) bond motifs is 1. The zero-order valence-electron chi connectivity index (χ0n) is 8.30. The van der Waals surface area contributed by atoms with Gasteiger partial charge in [0.1, 0.15) is 4.62 Å². The summed E-state index contributed by atoms with van der Waals surface area (Å²) in [6.45, 7) is 0. The Labute approximate surface area is 100 Å². The van der Waals surface area contributed by atoms with Crippen molar-refractivity contribution in [3.63, 3.8) is 0 Å². The molecule has 16 heavy (non-hydrogen) atoms. The molecule has 0 spiro atoms. The van der Waals surface area contributed by atoms with E-state index in [2.05, 4.69) is 31.1 Å². The molecule has 0 unspecified atom stereocenters. The highest BCUT2D eigenvalue weighted by Crippen LogP contribution is 2.29. The zero-order valence-corrected chi connectivity index (χ0v) is 9.89. The smallest absolute Gasteiger partial charge is 0.158 e. The third-order valence-electron chi connectivity index (χ3n) is 2.50. The molecule has 0 fully saturated rings. The minimum atomic E-state index is -0.0132. The van der Waals surface area contributed by atoms with Gasteiger partial charge in [-0.15, -0.1) is 0 Å². The van der Waals surface area contributed by atoms with Crippen LogP contribution in [0.15, 0.2) is 35.7 Å². The van der Waals surface area contributed by atoms with Crippen molar-refractivity contribution in [3.8, 4) is 0 Å². The van der Waals surface area contributed by atoms with E-state index in [1.165, 1.54) is 0 Å². The number of halogens is 1. The quantitative estimate of drug-likeness (QED) is 0.805. The molecule has 2 aromatic rings. The van der Waals surface area contributed by atoms with Crippen LogP contribution in [0.3, 0.4) is 0 Å². The number of hydrogen-bond acceptors (Lipinski definition) is 4. The van der Waals surface area contributed by atoms with E-state index in [1.54, 1.807) is 12.4 Å². The Balaban J connectivity index is 1.99. The van der Waals surface area contributed by atoms with E-state index in [1.807, 2.05) is 18.2 Å². The second-order valence-electron chi connectivity index (χ2n) is 3.57. The normalized spacial score (nSPS) is 19.6. The van der Waals surface area contributed by atoms with Crippen molar-refractivity contribution in [1.29, 1.82) is 0 Å². The summed E-state index contributed by atoms with van der Waals surface area (Å²) < 4.78 is 0.844. The third-order valence-corrected chi connectivity index (χ3v) is 2.97. The Hall–Kier alpha value is -1.49.